The van der Waals surface area contributed by atoms with Crippen molar-refractivity contribution >= 4 is 34.4 Å². The topological polar surface area (TPSA) is 30.7 Å². The Kier molecular flexibility index (Phi) is 3.71. The van der Waals surface area contributed by atoms with Gasteiger partial charge in [0, 0.05) is 18.0 Å². The van der Waals surface area contributed by atoms with Crippen LogP contribution in [-0.4, -0.2) is 26.0 Å². The summed E-state index contributed by atoms with van der Waals surface area (Å²) in [5.74, 6) is 1.36. The smallest absolute Gasteiger partial charge is 0.124 e. The third kappa shape index (κ3) is 2.18. The lowest BCUT2D eigenvalue weighted by molar-refractivity contribution is 0.684. The number of rotatable bonds is 4. The molecule has 0 amide bonds. The molecule has 0 aliphatic carbocycles. The van der Waals surface area contributed by atoms with Crippen LogP contribution in [0.4, 0.5) is 0 Å². The number of hydrogen-bond acceptors (Lipinski definition) is 3. The molecule has 5 heteroatoms. The Labute approximate surface area is 104 Å². The summed E-state index contributed by atoms with van der Waals surface area (Å²) < 4.78 is 2.19. The fourth-order valence-corrected chi connectivity index (χ4v) is 2.17. The van der Waals surface area contributed by atoms with Gasteiger partial charge in [0.15, 0.2) is 0 Å². The van der Waals surface area contributed by atoms with Gasteiger partial charge >= 0.3 is 0 Å². The minimum atomic E-state index is 0.440. The second kappa shape index (κ2) is 5.06. The molecule has 2 rings (SSSR count). The van der Waals surface area contributed by atoms with Crippen molar-refractivity contribution in [1.29, 1.82) is 0 Å². The summed E-state index contributed by atoms with van der Waals surface area (Å²) in [5.41, 5.74) is 2.04. The first-order chi connectivity index (χ1) is 7.76. The van der Waals surface area contributed by atoms with Crippen molar-refractivity contribution in [3.63, 3.8) is 0 Å². The zero-order valence-corrected chi connectivity index (χ0v) is 10.9. The maximum atomic E-state index is 5.92. The molecule has 0 saturated carbocycles. The summed E-state index contributed by atoms with van der Waals surface area (Å²) in [7, 11) is 0. The predicted molar refractivity (Wildman–Crippen MR) is 70.1 cm³/mol. The second-order valence-electron chi connectivity index (χ2n) is 3.68. The van der Waals surface area contributed by atoms with Crippen molar-refractivity contribution in [2.75, 3.05) is 6.26 Å². The van der Waals surface area contributed by atoms with Gasteiger partial charge in [-0.25, -0.2) is 4.98 Å². The lowest BCUT2D eigenvalue weighted by Crippen LogP contribution is -2.11. The fourth-order valence-electron chi connectivity index (χ4n) is 1.67. The van der Waals surface area contributed by atoms with E-state index >= 15 is 0 Å². The van der Waals surface area contributed by atoms with Crippen LogP contribution < -0.4 is 0 Å². The largest absolute Gasteiger partial charge is 0.326 e. The molecule has 86 valence electrons. The summed E-state index contributed by atoms with van der Waals surface area (Å²) in [4.78, 5) is 8.55. The van der Waals surface area contributed by atoms with Crippen molar-refractivity contribution in [2.45, 2.75) is 24.6 Å². The van der Waals surface area contributed by atoms with Crippen LogP contribution in [0.25, 0.3) is 11.0 Å². The molecule has 0 aromatic carbocycles. The van der Waals surface area contributed by atoms with Crippen LogP contribution in [0.15, 0.2) is 18.5 Å². The normalized spacial score (nSPS) is 13.2. The molecule has 0 spiro atoms. The highest BCUT2D eigenvalue weighted by Crippen LogP contribution is 2.19. The molecule has 0 aliphatic heterocycles. The summed E-state index contributed by atoms with van der Waals surface area (Å²) in [6.45, 7) is 3.14. The van der Waals surface area contributed by atoms with Gasteiger partial charge in [-0.05, 0) is 12.3 Å². The third-order valence-electron chi connectivity index (χ3n) is 2.59. The number of aromatic nitrogens is 3. The molecule has 0 aliphatic rings. The molecule has 2 aromatic rings. The van der Waals surface area contributed by atoms with E-state index in [2.05, 4.69) is 27.7 Å². The Hall–Kier alpha value is -0.740. The number of nitrogens with zero attached hydrogens (tertiary/aromatic N) is 3. The Morgan fingerprint density at radius 2 is 2.38 bits per heavy atom. The van der Waals surface area contributed by atoms with Crippen molar-refractivity contribution in [2.24, 2.45) is 0 Å². The van der Waals surface area contributed by atoms with Gasteiger partial charge in [-0.1, -0.05) is 6.92 Å². The minimum absolute atomic E-state index is 0.440. The van der Waals surface area contributed by atoms with Crippen LogP contribution in [0, 0.1) is 0 Å². The summed E-state index contributed by atoms with van der Waals surface area (Å²) in [6.07, 6.45) is 5.69. The summed E-state index contributed by atoms with van der Waals surface area (Å²) in [5, 5.41) is 0.549. The average Bonchev–Trinajstić information content (AvgIpc) is 2.67. The Balaban J connectivity index is 2.47. The first-order valence-electron chi connectivity index (χ1n) is 5.14. The fraction of sp³-hybridized carbons (Fsp3) is 0.455. The van der Waals surface area contributed by atoms with Crippen molar-refractivity contribution in [3.8, 4) is 0 Å². The van der Waals surface area contributed by atoms with E-state index in [0.717, 1.165) is 23.4 Å². The molecule has 2 aromatic heterocycles. The van der Waals surface area contributed by atoms with E-state index in [1.165, 1.54) is 0 Å². The molecule has 16 heavy (non-hydrogen) atoms. The van der Waals surface area contributed by atoms with Crippen molar-refractivity contribution in [1.82, 2.24) is 14.5 Å². The van der Waals surface area contributed by atoms with Crippen LogP contribution in [0.3, 0.4) is 0 Å². The zero-order chi connectivity index (χ0) is 11.5. The molecular weight excluding hydrogens is 242 g/mol. The van der Waals surface area contributed by atoms with Gasteiger partial charge in [0.2, 0.25) is 0 Å². The lowest BCUT2D eigenvalue weighted by Gasteiger charge is -2.12. The first kappa shape index (κ1) is 11.7. The molecule has 0 N–H and O–H groups in total. The van der Waals surface area contributed by atoms with E-state index in [9.17, 15) is 0 Å². The zero-order valence-electron chi connectivity index (χ0n) is 9.35. The number of thioether (sulfide) groups is 1. The van der Waals surface area contributed by atoms with Crippen molar-refractivity contribution in [3.05, 3.63) is 24.3 Å². The van der Waals surface area contributed by atoms with E-state index in [-0.39, 0.29) is 0 Å². The van der Waals surface area contributed by atoms with E-state index in [0.29, 0.717) is 11.1 Å². The molecule has 1 unspecified atom stereocenters. The standard InChI is InChI=1S/C11H14ClN3S/c1-8(16-2)7-15-10-3-4-13-6-9(10)14-11(15)5-12/h3-4,6,8H,5,7H2,1-2H3. The number of halogens is 1. The Morgan fingerprint density at radius 1 is 1.56 bits per heavy atom. The SMILES string of the molecule is CSC(C)Cn1c(CCl)nc2cnccc21. The molecule has 3 nitrogen and oxygen atoms in total. The van der Waals surface area contributed by atoms with E-state index in [1.54, 1.807) is 12.4 Å². The van der Waals surface area contributed by atoms with Crippen molar-refractivity contribution < 1.29 is 0 Å². The minimum Gasteiger partial charge on any atom is -0.326 e. The van der Waals surface area contributed by atoms with Gasteiger partial charge in [0.1, 0.15) is 11.3 Å². The van der Waals surface area contributed by atoms with Gasteiger partial charge < -0.3 is 4.57 Å². The van der Waals surface area contributed by atoms with Crippen LogP contribution in [0.1, 0.15) is 12.7 Å². The number of fused-ring (bicyclic) bond motifs is 1. The molecule has 0 radical (unpaired) electrons. The summed E-state index contributed by atoms with van der Waals surface area (Å²) >= 11 is 7.76. The lowest BCUT2D eigenvalue weighted by atomic mass is 10.4. The van der Waals surface area contributed by atoms with Crippen LogP contribution >= 0.6 is 23.4 Å². The highest BCUT2D eigenvalue weighted by atomic mass is 35.5. The molecule has 0 saturated heterocycles. The first-order valence-corrected chi connectivity index (χ1v) is 6.96. The van der Waals surface area contributed by atoms with E-state index in [1.807, 2.05) is 17.8 Å². The predicted octanol–water partition coefficient (Wildman–Crippen LogP) is 2.92. The monoisotopic (exact) mass is 255 g/mol. The van der Waals surface area contributed by atoms with Crippen LogP contribution in [-0.2, 0) is 12.4 Å². The second-order valence-corrected chi connectivity index (χ2v) is 5.23. The van der Waals surface area contributed by atoms with Gasteiger partial charge in [-0.15, -0.1) is 11.6 Å². The van der Waals surface area contributed by atoms with E-state index in [4.69, 9.17) is 11.6 Å². The maximum absolute atomic E-state index is 5.92. The van der Waals surface area contributed by atoms with Gasteiger partial charge in [-0.2, -0.15) is 11.8 Å². The quantitative estimate of drug-likeness (QED) is 0.787. The molecule has 2 heterocycles. The number of pyridine rings is 1. The highest BCUT2D eigenvalue weighted by molar-refractivity contribution is 7.99. The average molecular weight is 256 g/mol. The number of hydrogen-bond donors (Lipinski definition) is 0. The maximum Gasteiger partial charge on any atom is 0.124 e. The summed E-state index contributed by atoms with van der Waals surface area (Å²) in [6, 6.07) is 1.99. The Morgan fingerprint density at radius 3 is 3.06 bits per heavy atom. The van der Waals surface area contributed by atoms with E-state index < -0.39 is 0 Å². The molecular formula is C11H14ClN3S. The Bertz CT molecular complexity index is 483. The van der Waals surface area contributed by atoms with Gasteiger partial charge in [-0.3, -0.25) is 4.98 Å². The highest BCUT2D eigenvalue weighted by Gasteiger charge is 2.11. The van der Waals surface area contributed by atoms with Crippen LogP contribution in [0.5, 0.6) is 0 Å². The van der Waals surface area contributed by atoms with Gasteiger partial charge in [0.25, 0.3) is 0 Å². The third-order valence-corrected chi connectivity index (χ3v) is 3.78. The molecule has 0 fully saturated rings. The number of imidazole rings is 1. The molecule has 1 atom stereocenters. The van der Waals surface area contributed by atoms with Crippen LogP contribution in [0.2, 0.25) is 0 Å². The number of alkyl halides is 1. The molecule has 0 bridgehead atoms. The van der Waals surface area contributed by atoms with Gasteiger partial charge in [0.05, 0.1) is 17.6 Å².